The number of aromatic nitrogens is 1. The zero-order chi connectivity index (χ0) is 10.8. The second-order valence-electron chi connectivity index (χ2n) is 3.75. The summed E-state index contributed by atoms with van der Waals surface area (Å²) in [6, 6.07) is 6.07. The maximum absolute atomic E-state index is 10.4. The third-order valence-electron chi connectivity index (χ3n) is 2.67. The van der Waals surface area contributed by atoms with Gasteiger partial charge in [0, 0.05) is 23.5 Å². The average molecular weight is 222 g/mol. The second kappa shape index (κ2) is 4.07. The van der Waals surface area contributed by atoms with E-state index in [-0.39, 0.29) is 5.92 Å². The number of carbonyl (C=O) groups is 1. The molecule has 1 atom stereocenters. The van der Waals surface area contributed by atoms with Crippen LogP contribution in [0.25, 0.3) is 10.9 Å². The molecule has 2 nitrogen and oxygen atoms in total. The van der Waals surface area contributed by atoms with Gasteiger partial charge in [0.25, 0.3) is 0 Å². The van der Waals surface area contributed by atoms with Gasteiger partial charge in [0.2, 0.25) is 0 Å². The Bertz CT molecular complexity index is 489. The Labute approximate surface area is 93.2 Å². The Morgan fingerprint density at radius 1 is 1.53 bits per heavy atom. The molecule has 1 N–H and O–H groups in total. The van der Waals surface area contributed by atoms with Crippen molar-refractivity contribution in [2.45, 2.75) is 19.3 Å². The summed E-state index contributed by atoms with van der Waals surface area (Å²) >= 11 is 6.03. The minimum atomic E-state index is 0.248. The maximum atomic E-state index is 10.4. The van der Waals surface area contributed by atoms with E-state index < -0.39 is 0 Å². The van der Waals surface area contributed by atoms with Crippen LogP contribution in [0, 0.1) is 0 Å². The number of fused-ring (bicyclic) bond motifs is 1. The number of carbonyl (C=O) groups excluding carboxylic acids is 1. The molecule has 0 radical (unpaired) electrons. The van der Waals surface area contributed by atoms with E-state index in [4.69, 9.17) is 11.6 Å². The zero-order valence-corrected chi connectivity index (χ0v) is 9.21. The molecule has 0 saturated carbocycles. The largest absolute Gasteiger partial charge is 0.360 e. The molecule has 1 unspecified atom stereocenters. The van der Waals surface area contributed by atoms with Crippen molar-refractivity contribution in [2.75, 3.05) is 0 Å². The van der Waals surface area contributed by atoms with Crippen molar-refractivity contribution < 1.29 is 4.79 Å². The number of hydrogen-bond donors (Lipinski definition) is 1. The van der Waals surface area contributed by atoms with E-state index in [1.54, 1.807) is 6.20 Å². The summed E-state index contributed by atoms with van der Waals surface area (Å²) in [5.41, 5.74) is 2.18. The lowest BCUT2D eigenvalue weighted by atomic mass is 9.97. The normalized spacial score (nSPS) is 12.9. The van der Waals surface area contributed by atoms with Gasteiger partial charge in [-0.05, 0) is 23.6 Å². The average Bonchev–Trinajstić information content (AvgIpc) is 2.60. The van der Waals surface area contributed by atoms with E-state index in [0.717, 1.165) is 27.8 Å². The van der Waals surface area contributed by atoms with E-state index in [2.05, 4.69) is 4.98 Å². The first-order valence-electron chi connectivity index (χ1n) is 4.92. The van der Waals surface area contributed by atoms with Crippen LogP contribution < -0.4 is 0 Å². The topological polar surface area (TPSA) is 32.9 Å². The highest BCUT2D eigenvalue weighted by atomic mass is 35.5. The number of aromatic amines is 1. The predicted molar refractivity (Wildman–Crippen MR) is 62.4 cm³/mol. The molecule has 0 bridgehead atoms. The van der Waals surface area contributed by atoms with Gasteiger partial charge in [-0.3, -0.25) is 0 Å². The smallest absolute Gasteiger partial charge is 0.120 e. The van der Waals surface area contributed by atoms with Crippen LogP contribution in [0.1, 0.15) is 24.8 Å². The minimum absolute atomic E-state index is 0.248. The molecule has 2 rings (SSSR count). The van der Waals surface area contributed by atoms with E-state index in [0.29, 0.717) is 6.42 Å². The van der Waals surface area contributed by atoms with Gasteiger partial charge < -0.3 is 9.78 Å². The Morgan fingerprint density at radius 3 is 3.07 bits per heavy atom. The predicted octanol–water partition coefficient (Wildman–Crippen LogP) is 3.51. The lowest BCUT2D eigenvalue weighted by Gasteiger charge is -2.07. The van der Waals surface area contributed by atoms with Crippen molar-refractivity contribution in [1.29, 1.82) is 0 Å². The van der Waals surface area contributed by atoms with Crippen LogP contribution in [0.2, 0.25) is 5.02 Å². The first-order valence-corrected chi connectivity index (χ1v) is 5.30. The Morgan fingerprint density at radius 2 is 2.33 bits per heavy atom. The first-order chi connectivity index (χ1) is 7.22. The summed E-state index contributed by atoms with van der Waals surface area (Å²) in [5.74, 6) is 0.248. The van der Waals surface area contributed by atoms with Crippen LogP contribution in [0.15, 0.2) is 24.4 Å². The standard InChI is InChI=1S/C12H12ClNO/c1-8(4-5-15)9-2-3-12-10(6-9)11(13)7-14-12/h2-3,5-8,14H,4H2,1H3. The molecule has 1 aromatic heterocycles. The van der Waals surface area contributed by atoms with Gasteiger partial charge in [0.05, 0.1) is 5.02 Å². The van der Waals surface area contributed by atoms with E-state index in [9.17, 15) is 4.79 Å². The molecule has 15 heavy (non-hydrogen) atoms. The van der Waals surface area contributed by atoms with Gasteiger partial charge >= 0.3 is 0 Å². The summed E-state index contributed by atoms with van der Waals surface area (Å²) in [7, 11) is 0. The van der Waals surface area contributed by atoms with E-state index >= 15 is 0 Å². The molecule has 3 heteroatoms. The van der Waals surface area contributed by atoms with Crippen molar-refractivity contribution in [3.05, 3.63) is 35.0 Å². The summed E-state index contributed by atoms with van der Waals surface area (Å²) in [6.07, 6.45) is 3.28. The van der Waals surface area contributed by atoms with Crippen LogP contribution in [0.5, 0.6) is 0 Å². The molecule has 0 fully saturated rings. The highest BCUT2D eigenvalue weighted by Crippen LogP contribution is 2.27. The molecule has 1 aromatic carbocycles. The van der Waals surface area contributed by atoms with Crippen LogP contribution in [0.3, 0.4) is 0 Å². The number of aldehydes is 1. The van der Waals surface area contributed by atoms with Crippen LogP contribution in [-0.2, 0) is 4.79 Å². The first kappa shape index (κ1) is 10.2. The number of hydrogen-bond acceptors (Lipinski definition) is 1. The minimum Gasteiger partial charge on any atom is -0.360 e. The third-order valence-corrected chi connectivity index (χ3v) is 2.99. The fourth-order valence-corrected chi connectivity index (χ4v) is 1.90. The number of benzene rings is 1. The molecular weight excluding hydrogens is 210 g/mol. The Balaban J connectivity index is 2.45. The van der Waals surface area contributed by atoms with E-state index in [1.165, 1.54) is 0 Å². The quantitative estimate of drug-likeness (QED) is 0.791. The number of halogens is 1. The maximum Gasteiger partial charge on any atom is 0.120 e. The van der Waals surface area contributed by atoms with Crippen molar-refractivity contribution in [3.63, 3.8) is 0 Å². The third kappa shape index (κ3) is 1.90. The van der Waals surface area contributed by atoms with Gasteiger partial charge in [0.15, 0.2) is 0 Å². The van der Waals surface area contributed by atoms with Gasteiger partial charge in [-0.1, -0.05) is 24.6 Å². The Hall–Kier alpha value is -1.28. The lowest BCUT2D eigenvalue weighted by molar-refractivity contribution is -0.108. The van der Waals surface area contributed by atoms with Crippen molar-refractivity contribution in [2.24, 2.45) is 0 Å². The van der Waals surface area contributed by atoms with Crippen LogP contribution in [0.4, 0.5) is 0 Å². The van der Waals surface area contributed by atoms with Crippen molar-refractivity contribution >= 4 is 28.8 Å². The summed E-state index contributed by atoms with van der Waals surface area (Å²) in [4.78, 5) is 13.5. The number of rotatable bonds is 3. The molecule has 2 aromatic rings. The summed E-state index contributed by atoms with van der Waals surface area (Å²) in [6.45, 7) is 2.04. The fourth-order valence-electron chi connectivity index (χ4n) is 1.69. The Kier molecular flexibility index (Phi) is 2.78. The van der Waals surface area contributed by atoms with Crippen molar-refractivity contribution in [1.82, 2.24) is 4.98 Å². The van der Waals surface area contributed by atoms with Crippen LogP contribution >= 0.6 is 11.6 Å². The molecule has 0 aliphatic carbocycles. The lowest BCUT2D eigenvalue weighted by Crippen LogP contribution is -1.93. The molecular formula is C12H12ClNO. The van der Waals surface area contributed by atoms with E-state index in [1.807, 2.05) is 25.1 Å². The van der Waals surface area contributed by atoms with Gasteiger partial charge in [-0.25, -0.2) is 0 Å². The van der Waals surface area contributed by atoms with Gasteiger partial charge in [0.1, 0.15) is 6.29 Å². The fraction of sp³-hybridized carbons (Fsp3) is 0.250. The molecule has 0 aliphatic heterocycles. The SMILES string of the molecule is CC(CC=O)c1ccc2[nH]cc(Cl)c2c1. The molecule has 0 aliphatic rings. The molecule has 0 amide bonds. The molecule has 0 spiro atoms. The molecule has 1 heterocycles. The number of H-pyrrole nitrogens is 1. The van der Waals surface area contributed by atoms with Gasteiger partial charge in [-0.15, -0.1) is 0 Å². The monoisotopic (exact) mass is 221 g/mol. The summed E-state index contributed by atoms with van der Waals surface area (Å²) < 4.78 is 0. The summed E-state index contributed by atoms with van der Waals surface area (Å²) in [5, 5.41) is 1.75. The highest BCUT2D eigenvalue weighted by molar-refractivity contribution is 6.35. The zero-order valence-electron chi connectivity index (χ0n) is 8.46. The highest BCUT2D eigenvalue weighted by Gasteiger charge is 2.07. The van der Waals surface area contributed by atoms with Crippen molar-refractivity contribution in [3.8, 4) is 0 Å². The molecule has 78 valence electrons. The molecule has 0 saturated heterocycles. The number of nitrogens with one attached hydrogen (secondary N) is 1. The van der Waals surface area contributed by atoms with Crippen LogP contribution in [-0.4, -0.2) is 11.3 Å². The second-order valence-corrected chi connectivity index (χ2v) is 4.15. The van der Waals surface area contributed by atoms with Gasteiger partial charge in [-0.2, -0.15) is 0 Å².